The third-order valence-electron chi connectivity index (χ3n) is 6.27. The van der Waals surface area contributed by atoms with Crippen LogP contribution in [0.2, 0.25) is 0 Å². The number of benzene rings is 3. The van der Waals surface area contributed by atoms with Gasteiger partial charge in [-0.15, -0.1) is 0 Å². The summed E-state index contributed by atoms with van der Waals surface area (Å²) < 4.78 is 28.4. The first-order valence-corrected chi connectivity index (χ1v) is 13.6. The lowest BCUT2D eigenvalue weighted by Crippen LogP contribution is -2.11. The molecule has 0 bridgehead atoms. The zero-order valence-corrected chi connectivity index (χ0v) is 25.1. The van der Waals surface area contributed by atoms with Crippen LogP contribution in [0, 0.1) is 0 Å². The smallest absolute Gasteiger partial charge is 0.253 e. The maximum Gasteiger partial charge on any atom is 0.253 e. The lowest BCUT2D eigenvalue weighted by molar-refractivity contribution is 0.0993. The monoisotopic (exact) mass is 571 g/mol. The van der Waals surface area contributed by atoms with Gasteiger partial charge in [0, 0.05) is 4.91 Å². The zero-order chi connectivity index (χ0) is 30.6. The Bertz CT molecular complexity index is 1460. The molecule has 1 atom stereocenters. The first-order valence-electron chi connectivity index (χ1n) is 13.6. The molecule has 0 saturated carbocycles. The average Bonchev–Trinajstić information content (AvgIpc) is 2.99. The Hall–Kier alpha value is -4.88. The minimum absolute atomic E-state index is 0.0318. The van der Waals surface area contributed by atoms with Crippen molar-refractivity contribution in [3.63, 3.8) is 0 Å². The van der Waals surface area contributed by atoms with E-state index < -0.39 is 5.91 Å². The quantitative estimate of drug-likeness (QED) is 0.0880. The van der Waals surface area contributed by atoms with Gasteiger partial charge in [-0.1, -0.05) is 55.5 Å². The summed E-state index contributed by atoms with van der Waals surface area (Å²) in [6.07, 6.45) is 8.44. The number of hydrogen-bond donors (Lipinski definition) is 0. The summed E-state index contributed by atoms with van der Waals surface area (Å²) >= 11 is 0. The predicted molar refractivity (Wildman–Crippen MR) is 166 cm³/mol. The Labute approximate surface area is 247 Å². The van der Waals surface area contributed by atoms with Crippen LogP contribution in [0.15, 0.2) is 53.6 Å². The number of azide groups is 1. The number of carbonyl (C=O) groups excluding carboxylic acids is 1. The lowest BCUT2D eigenvalue weighted by atomic mass is 10.0. The van der Waals surface area contributed by atoms with Crippen LogP contribution in [0.3, 0.4) is 0 Å². The van der Waals surface area contributed by atoms with E-state index in [0.717, 1.165) is 23.1 Å². The standard InChI is InChI=1S/C33H37N3O6/c1-8-22(4)42-32-29(39-6)19-26(20-30(32)40-7)16-14-24-11-9-23(10-12-24)13-15-25-17-27(33(37)35-36-34)31(41-21(2)3)28(18-25)38-5/h9-22H,8H2,1-7H3/b15-13+,16-14+. The molecule has 0 aromatic heterocycles. The number of hydrogen-bond acceptors (Lipinski definition) is 6. The van der Waals surface area contributed by atoms with Gasteiger partial charge in [0.05, 0.1) is 39.1 Å². The van der Waals surface area contributed by atoms with Crippen molar-refractivity contribution in [3.8, 4) is 28.7 Å². The highest BCUT2D eigenvalue weighted by atomic mass is 16.5. The van der Waals surface area contributed by atoms with E-state index in [1.54, 1.807) is 26.4 Å². The van der Waals surface area contributed by atoms with Crippen molar-refractivity contribution in [1.29, 1.82) is 0 Å². The highest BCUT2D eigenvalue weighted by Crippen LogP contribution is 2.40. The largest absolute Gasteiger partial charge is 0.493 e. The van der Waals surface area contributed by atoms with Crippen LogP contribution in [-0.4, -0.2) is 39.4 Å². The van der Waals surface area contributed by atoms with E-state index in [2.05, 4.69) is 16.9 Å². The fraction of sp³-hybridized carbons (Fsp3) is 0.303. The van der Waals surface area contributed by atoms with Gasteiger partial charge in [-0.05, 0) is 84.4 Å². The van der Waals surface area contributed by atoms with Gasteiger partial charge in [0.25, 0.3) is 5.91 Å². The van der Waals surface area contributed by atoms with Crippen molar-refractivity contribution < 1.29 is 28.5 Å². The van der Waals surface area contributed by atoms with E-state index in [1.165, 1.54) is 7.11 Å². The summed E-state index contributed by atoms with van der Waals surface area (Å²) in [5.74, 6) is 1.68. The number of carbonyl (C=O) groups is 1. The molecule has 0 aliphatic rings. The van der Waals surface area contributed by atoms with Crippen LogP contribution in [0.4, 0.5) is 0 Å². The lowest BCUT2D eigenvalue weighted by Gasteiger charge is -2.18. The summed E-state index contributed by atoms with van der Waals surface area (Å²) in [7, 11) is 4.72. The van der Waals surface area contributed by atoms with E-state index in [1.807, 2.05) is 81.5 Å². The first-order chi connectivity index (χ1) is 20.2. The van der Waals surface area contributed by atoms with Crippen LogP contribution in [0.5, 0.6) is 28.7 Å². The van der Waals surface area contributed by atoms with Crippen LogP contribution in [-0.2, 0) is 0 Å². The molecular weight excluding hydrogens is 534 g/mol. The molecule has 0 heterocycles. The van der Waals surface area contributed by atoms with Gasteiger partial charge in [0.15, 0.2) is 23.0 Å². The SMILES string of the molecule is CCC(C)Oc1c(OC)cc(/C=C/c2ccc(/C=C/c3cc(OC)c(OC(C)C)c(C(=O)N=[N+]=[N-])c3)cc2)cc1OC. The van der Waals surface area contributed by atoms with Gasteiger partial charge < -0.3 is 23.7 Å². The second-order valence-corrected chi connectivity index (χ2v) is 9.69. The maximum atomic E-state index is 12.5. The van der Waals surface area contributed by atoms with E-state index in [0.29, 0.717) is 28.6 Å². The molecule has 220 valence electrons. The molecule has 1 unspecified atom stereocenters. The molecule has 3 aromatic carbocycles. The molecule has 9 nitrogen and oxygen atoms in total. The topological polar surface area (TPSA) is 112 Å². The third-order valence-corrected chi connectivity index (χ3v) is 6.27. The van der Waals surface area contributed by atoms with Gasteiger partial charge in [-0.25, -0.2) is 0 Å². The van der Waals surface area contributed by atoms with E-state index in [9.17, 15) is 4.79 Å². The van der Waals surface area contributed by atoms with Crippen LogP contribution < -0.4 is 23.7 Å². The molecule has 0 aliphatic heterocycles. The Morgan fingerprint density at radius 1 is 0.762 bits per heavy atom. The minimum atomic E-state index is -0.745. The van der Waals surface area contributed by atoms with Crippen molar-refractivity contribution in [2.24, 2.45) is 5.11 Å². The molecule has 3 aromatic rings. The summed E-state index contributed by atoms with van der Waals surface area (Å²) in [6, 6.07) is 15.2. The van der Waals surface area contributed by atoms with Crippen LogP contribution >= 0.6 is 0 Å². The van der Waals surface area contributed by atoms with Crippen LogP contribution in [0.25, 0.3) is 34.7 Å². The maximum absolute atomic E-state index is 12.5. The Morgan fingerprint density at radius 2 is 1.21 bits per heavy atom. The molecule has 9 heteroatoms. The molecule has 3 rings (SSSR count). The highest BCUT2D eigenvalue weighted by molar-refractivity contribution is 5.99. The Morgan fingerprint density at radius 3 is 1.64 bits per heavy atom. The Kier molecular flexibility index (Phi) is 11.5. The highest BCUT2D eigenvalue weighted by Gasteiger charge is 2.19. The van der Waals surface area contributed by atoms with Gasteiger partial charge in [-0.3, -0.25) is 4.79 Å². The number of rotatable bonds is 13. The number of methoxy groups -OCH3 is 3. The second-order valence-electron chi connectivity index (χ2n) is 9.69. The fourth-order valence-electron chi connectivity index (χ4n) is 3.98. The summed E-state index contributed by atoms with van der Waals surface area (Å²) in [5, 5.41) is 3.24. The molecular formula is C33H37N3O6. The fourth-order valence-corrected chi connectivity index (χ4v) is 3.98. The number of nitrogens with zero attached hydrogens (tertiary/aromatic N) is 3. The number of amides is 1. The van der Waals surface area contributed by atoms with Gasteiger partial charge >= 0.3 is 0 Å². The molecule has 1 amide bonds. The summed E-state index contributed by atoms with van der Waals surface area (Å²) in [4.78, 5) is 15.1. The van der Waals surface area contributed by atoms with Crippen molar-refractivity contribution in [1.82, 2.24) is 0 Å². The predicted octanol–water partition coefficient (Wildman–Crippen LogP) is 8.47. The van der Waals surface area contributed by atoms with E-state index in [-0.39, 0.29) is 23.5 Å². The molecule has 0 radical (unpaired) electrons. The summed E-state index contributed by atoms with van der Waals surface area (Å²) in [5.41, 5.74) is 12.5. The molecule has 0 spiro atoms. The molecule has 0 aliphatic carbocycles. The first kappa shape index (κ1) is 31.6. The van der Waals surface area contributed by atoms with Crippen molar-refractivity contribution in [2.45, 2.75) is 46.3 Å². The van der Waals surface area contributed by atoms with E-state index >= 15 is 0 Å². The molecule has 0 saturated heterocycles. The van der Waals surface area contributed by atoms with E-state index in [4.69, 9.17) is 29.2 Å². The zero-order valence-electron chi connectivity index (χ0n) is 25.1. The average molecular weight is 572 g/mol. The van der Waals surface area contributed by atoms with Gasteiger partial charge in [0.1, 0.15) is 0 Å². The van der Waals surface area contributed by atoms with Gasteiger partial charge in [0.2, 0.25) is 5.75 Å². The number of ether oxygens (including phenoxy) is 5. The van der Waals surface area contributed by atoms with Crippen molar-refractivity contribution in [2.75, 3.05) is 21.3 Å². The minimum Gasteiger partial charge on any atom is -0.493 e. The molecule has 0 fully saturated rings. The molecule has 0 N–H and O–H groups in total. The summed E-state index contributed by atoms with van der Waals surface area (Å²) in [6.45, 7) is 7.74. The Balaban J connectivity index is 1.83. The third kappa shape index (κ3) is 8.32. The van der Waals surface area contributed by atoms with Crippen LogP contribution in [0.1, 0.15) is 66.7 Å². The second kappa shape index (κ2) is 15.2. The normalized spacial score (nSPS) is 11.8. The van der Waals surface area contributed by atoms with Crippen molar-refractivity contribution in [3.05, 3.63) is 86.8 Å². The van der Waals surface area contributed by atoms with Gasteiger partial charge in [-0.2, -0.15) is 0 Å². The van der Waals surface area contributed by atoms with Crippen molar-refractivity contribution >= 4 is 30.2 Å². The molecule has 42 heavy (non-hydrogen) atoms.